The molecule has 0 fully saturated rings. The van der Waals surface area contributed by atoms with Crippen molar-refractivity contribution in [1.82, 2.24) is 4.98 Å². The summed E-state index contributed by atoms with van der Waals surface area (Å²) < 4.78 is 38.4. The van der Waals surface area contributed by atoms with Crippen LogP contribution in [0.2, 0.25) is 6.04 Å². The van der Waals surface area contributed by atoms with Crippen molar-refractivity contribution in [2.45, 2.75) is 67.4 Å². The zero-order chi connectivity index (χ0) is 24.0. The van der Waals surface area contributed by atoms with Gasteiger partial charge in [-0.05, 0) is 60.9 Å². The summed E-state index contributed by atoms with van der Waals surface area (Å²) in [6, 6.07) is 0.621. The number of hydrogen-bond acceptors (Lipinski definition) is 9. The maximum atomic E-state index is 10.4. The Balaban J connectivity index is 0. The SMILES string of the molecule is CCCN[Si](OCC)(OCC)OCC.CCO[Si](CCCOC(N)=O)(OCC)OCC. The van der Waals surface area contributed by atoms with Crippen LogP contribution in [0.15, 0.2) is 0 Å². The Kier molecular flexibility index (Phi) is 22.4. The molecule has 0 aromatic carbocycles. The first kappa shape index (κ1) is 32.6. The summed E-state index contributed by atoms with van der Waals surface area (Å²) in [5.41, 5.74) is 4.87. The lowest BCUT2D eigenvalue weighted by Crippen LogP contribution is -2.59. The maximum absolute atomic E-state index is 10.4. The fourth-order valence-corrected chi connectivity index (χ4v) is 7.42. The summed E-state index contributed by atoms with van der Waals surface area (Å²) in [6.07, 6.45) is 0.901. The molecule has 1 amide bonds. The van der Waals surface area contributed by atoms with Crippen LogP contribution in [0.3, 0.4) is 0 Å². The van der Waals surface area contributed by atoms with E-state index < -0.39 is 23.9 Å². The molecule has 10 nitrogen and oxygen atoms in total. The molecule has 188 valence electrons. The zero-order valence-corrected chi connectivity index (χ0v) is 22.6. The number of nitrogens with two attached hydrogens (primary N) is 1. The standard InChI is InChI=1S/C10H23NO5Si.C9H23NO3Si/c1-4-14-17(15-5-2,16-6-3)9-7-8-13-10(11)12;1-5-9-10-14(11-6-2,12-7-3)13-8-4/h4-9H2,1-3H3,(H2,11,12);10H,5-9H2,1-4H3. The first-order chi connectivity index (χ1) is 14.8. The number of amides is 1. The van der Waals surface area contributed by atoms with Gasteiger partial charge in [0.05, 0.1) is 6.61 Å². The van der Waals surface area contributed by atoms with Gasteiger partial charge >= 0.3 is 23.9 Å². The normalized spacial score (nSPS) is 11.7. The molecule has 0 spiro atoms. The molecule has 0 atom stereocenters. The summed E-state index contributed by atoms with van der Waals surface area (Å²) >= 11 is 0. The monoisotopic (exact) mass is 486 g/mol. The van der Waals surface area contributed by atoms with E-state index in [1.54, 1.807) is 0 Å². The molecule has 0 saturated heterocycles. The zero-order valence-electron chi connectivity index (χ0n) is 20.6. The fraction of sp³-hybridized carbons (Fsp3) is 0.947. The highest BCUT2D eigenvalue weighted by Gasteiger charge is 2.41. The maximum Gasteiger partial charge on any atom is 0.596 e. The van der Waals surface area contributed by atoms with Crippen molar-refractivity contribution < 1.29 is 36.1 Å². The molecule has 0 aliphatic carbocycles. The van der Waals surface area contributed by atoms with E-state index in [1.165, 1.54) is 0 Å². The second kappa shape index (κ2) is 21.3. The number of primary amides is 1. The minimum atomic E-state index is -2.60. The smallest absolute Gasteiger partial charge is 0.450 e. The Hall–Kier alpha value is -0.576. The summed E-state index contributed by atoms with van der Waals surface area (Å²) in [4.78, 5) is 13.7. The minimum absolute atomic E-state index is 0.261. The molecular weight excluding hydrogens is 440 g/mol. The molecule has 0 aromatic heterocycles. The average Bonchev–Trinajstić information content (AvgIpc) is 2.71. The number of carbonyl (C=O) groups excluding carboxylic acids is 1. The molecule has 12 heteroatoms. The van der Waals surface area contributed by atoms with Gasteiger partial charge in [0.15, 0.2) is 0 Å². The highest BCUT2D eigenvalue weighted by atomic mass is 28.4. The Morgan fingerprint density at radius 3 is 1.48 bits per heavy atom. The van der Waals surface area contributed by atoms with Crippen LogP contribution in [0.4, 0.5) is 4.79 Å². The molecule has 0 heterocycles. The number of carbonyl (C=O) groups is 1. The topological polar surface area (TPSA) is 120 Å². The van der Waals surface area contributed by atoms with Crippen molar-refractivity contribution in [3.63, 3.8) is 0 Å². The van der Waals surface area contributed by atoms with Gasteiger partial charge < -0.3 is 37.0 Å². The van der Waals surface area contributed by atoms with Gasteiger partial charge in [0.25, 0.3) is 0 Å². The Labute approximate surface area is 191 Å². The van der Waals surface area contributed by atoms with E-state index in [1.807, 2.05) is 41.5 Å². The van der Waals surface area contributed by atoms with Crippen LogP contribution in [0.1, 0.15) is 61.3 Å². The Morgan fingerprint density at radius 1 is 0.742 bits per heavy atom. The molecule has 0 bridgehead atoms. The third-order valence-corrected chi connectivity index (χ3v) is 9.40. The van der Waals surface area contributed by atoms with Gasteiger partial charge in [-0.2, -0.15) is 0 Å². The van der Waals surface area contributed by atoms with Gasteiger partial charge in [0.1, 0.15) is 0 Å². The van der Waals surface area contributed by atoms with Gasteiger partial charge in [-0.3, -0.25) is 4.98 Å². The molecule has 0 aliphatic rings. The summed E-state index contributed by atoms with van der Waals surface area (Å²) in [6.45, 7) is 18.3. The van der Waals surface area contributed by atoms with E-state index in [2.05, 4.69) is 16.6 Å². The number of nitrogens with one attached hydrogen (secondary N) is 1. The first-order valence-corrected chi connectivity index (χ1v) is 15.0. The Bertz CT molecular complexity index is 388. The predicted octanol–water partition coefficient (Wildman–Crippen LogP) is 3.05. The third kappa shape index (κ3) is 16.7. The van der Waals surface area contributed by atoms with Crippen molar-refractivity contribution in [1.29, 1.82) is 0 Å². The number of ether oxygens (including phenoxy) is 1. The molecule has 0 unspecified atom stereocenters. The van der Waals surface area contributed by atoms with E-state index in [9.17, 15) is 4.79 Å². The first-order valence-electron chi connectivity index (χ1n) is 11.3. The lowest BCUT2D eigenvalue weighted by molar-refractivity contribution is 0.0599. The molecule has 0 radical (unpaired) electrons. The van der Waals surface area contributed by atoms with Gasteiger partial charge in [-0.25, -0.2) is 4.79 Å². The highest BCUT2D eigenvalue weighted by Crippen LogP contribution is 2.18. The fourth-order valence-electron chi connectivity index (χ4n) is 2.59. The van der Waals surface area contributed by atoms with Crippen molar-refractivity contribution in [3.8, 4) is 0 Å². The second-order valence-corrected chi connectivity index (χ2v) is 11.1. The highest BCUT2D eigenvalue weighted by molar-refractivity contribution is 6.60. The third-order valence-electron chi connectivity index (χ3n) is 3.56. The molecule has 0 rings (SSSR count). The number of rotatable bonds is 19. The summed E-state index contributed by atoms with van der Waals surface area (Å²) in [5.74, 6) is 0. The van der Waals surface area contributed by atoms with E-state index in [4.69, 9.17) is 32.3 Å². The van der Waals surface area contributed by atoms with Gasteiger partial charge in [0.2, 0.25) is 0 Å². The second-order valence-electron chi connectivity index (χ2n) is 6.04. The largest absolute Gasteiger partial charge is 0.596 e. The van der Waals surface area contributed by atoms with Gasteiger partial charge in [0, 0.05) is 45.7 Å². The molecule has 0 aliphatic heterocycles. The van der Waals surface area contributed by atoms with Gasteiger partial charge in [-0.15, -0.1) is 0 Å². The van der Waals surface area contributed by atoms with Crippen LogP contribution in [0, 0.1) is 0 Å². The van der Waals surface area contributed by atoms with Crippen molar-refractivity contribution in [2.75, 3.05) is 52.8 Å². The van der Waals surface area contributed by atoms with E-state index in [-0.39, 0.29) is 6.61 Å². The predicted molar refractivity (Wildman–Crippen MR) is 125 cm³/mol. The summed E-state index contributed by atoms with van der Waals surface area (Å²) in [7, 11) is -5.17. The van der Waals surface area contributed by atoms with E-state index in [0.29, 0.717) is 52.1 Å². The number of hydrogen-bond donors (Lipinski definition) is 2. The average molecular weight is 487 g/mol. The molecule has 31 heavy (non-hydrogen) atoms. The lowest BCUT2D eigenvalue weighted by Gasteiger charge is -2.28. The minimum Gasteiger partial charge on any atom is -0.450 e. The van der Waals surface area contributed by atoms with E-state index >= 15 is 0 Å². The van der Waals surface area contributed by atoms with E-state index in [0.717, 1.165) is 13.0 Å². The van der Waals surface area contributed by atoms with Gasteiger partial charge in [-0.1, -0.05) is 6.92 Å². The van der Waals surface area contributed by atoms with Crippen LogP contribution < -0.4 is 10.7 Å². The van der Waals surface area contributed by atoms with Crippen LogP contribution in [0.25, 0.3) is 0 Å². The lowest BCUT2D eigenvalue weighted by atomic mass is 10.5. The quantitative estimate of drug-likeness (QED) is 0.210. The van der Waals surface area contributed by atoms with Crippen LogP contribution >= 0.6 is 0 Å². The molecule has 0 saturated carbocycles. The van der Waals surface area contributed by atoms with Crippen molar-refractivity contribution >= 4 is 23.9 Å². The van der Waals surface area contributed by atoms with Crippen molar-refractivity contribution in [2.24, 2.45) is 5.73 Å². The molecule has 0 aromatic rings. The van der Waals surface area contributed by atoms with Crippen LogP contribution in [0.5, 0.6) is 0 Å². The summed E-state index contributed by atoms with van der Waals surface area (Å²) in [5, 5.41) is 0. The molecule has 3 N–H and O–H groups in total. The Morgan fingerprint density at radius 2 is 1.16 bits per heavy atom. The van der Waals surface area contributed by atoms with Crippen LogP contribution in [-0.4, -0.2) is 76.7 Å². The van der Waals surface area contributed by atoms with Crippen molar-refractivity contribution in [3.05, 3.63) is 0 Å². The van der Waals surface area contributed by atoms with Crippen LogP contribution in [-0.2, 0) is 31.3 Å². The molecular formula is C19H46N2O8Si2.